The SMILES string of the molecule is Cc1cc(C)cc(NC(=O)CSc2nnc3c4c5c(sc4ncn23)CCCC5)c1. The Bertz CT molecular complexity index is 1220. The fourth-order valence-electron chi connectivity index (χ4n) is 4.01. The van der Waals surface area contributed by atoms with Crippen molar-refractivity contribution >= 4 is 50.6 Å². The van der Waals surface area contributed by atoms with E-state index in [4.69, 9.17) is 0 Å². The van der Waals surface area contributed by atoms with Crippen molar-refractivity contribution in [3.63, 3.8) is 0 Å². The van der Waals surface area contributed by atoms with Gasteiger partial charge in [0.1, 0.15) is 11.2 Å². The number of anilines is 1. The monoisotopic (exact) mass is 423 g/mol. The lowest BCUT2D eigenvalue weighted by molar-refractivity contribution is -0.113. The number of benzene rings is 1. The largest absolute Gasteiger partial charge is 0.325 e. The van der Waals surface area contributed by atoms with Crippen molar-refractivity contribution in [1.29, 1.82) is 0 Å². The van der Waals surface area contributed by atoms with Gasteiger partial charge in [-0.2, -0.15) is 0 Å². The van der Waals surface area contributed by atoms with Crippen LogP contribution in [0.1, 0.15) is 34.4 Å². The molecule has 0 unspecified atom stereocenters. The van der Waals surface area contributed by atoms with Gasteiger partial charge in [0, 0.05) is 10.6 Å². The van der Waals surface area contributed by atoms with Crippen LogP contribution in [0.4, 0.5) is 5.69 Å². The third kappa shape index (κ3) is 3.51. The van der Waals surface area contributed by atoms with Crippen LogP contribution in [0.25, 0.3) is 15.9 Å². The van der Waals surface area contributed by atoms with Crippen LogP contribution < -0.4 is 5.32 Å². The van der Waals surface area contributed by atoms with Gasteiger partial charge in [0.15, 0.2) is 10.8 Å². The minimum absolute atomic E-state index is 0.0568. The molecule has 1 aliphatic rings. The summed E-state index contributed by atoms with van der Waals surface area (Å²) in [6, 6.07) is 6.04. The molecule has 1 aliphatic carbocycles. The molecule has 5 rings (SSSR count). The third-order valence-electron chi connectivity index (χ3n) is 5.17. The van der Waals surface area contributed by atoms with E-state index in [0.717, 1.165) is 45.5 Å². The Morgan fingerprint density at radius 2 is 1.97 bits per heavy atom. The number of carbonyl (C=O) groups is 1. The van der Waals surface area contributed by atoms with Crippen molar-refractivity contribution in [3.8, 4) is 0 Å². The predicted octanol–water partition coefficient (Wildman–Crippen LogP) is 4.57. The van der Waals surface area contributed by atoms with Gasteiger partial charge in [0.2, 0.25) is 5.91 Å². The highest BCUT2D eigenvalue weighted by Gasteiger charge is 2.21. The van der Waals surface area contributed by atoms with E-state index in [1.165, 1.54) is 35.0 Å². The highest BCUT2D eigenvalue weighted by atomic mass is 32.2. The van der Waals surface area contributed by atoms with Gasteiger partial charge in [0.25, 0.3) is 0 Å². The Balaban J connectivity index is 1.37. The van der Waals surface area contributed by atoms with Crippen LogP contribution in [-0.2, 0) is 17.6 Å². The van der Waals surface area contributed by atoms with Crippen molar-refractivity contribution < 1.29 is 4.79 Å². The summed E-state index contributed by atoms with van der Waals surface area (Å²) in [5.41, 5.74) is 5.33. The highest BCUT2D eigenvalue weighted by molar-refractivity contribution is 7.99. The maximum absolute atomic E-state index is 12.4. The zero-order valence-corrected chi connectivity index (χ0v) is 18.0. The molecule has 0 radical (unpaired) electrons. The van der Waals surface area contributed by atoms with Crippen LogP contribution >= 0.6 is 23.1 Å². The number of thiophene rings is 1. The van der Waals surface area contributed by atoms with Gasteiger partial charge < -0.3 is 5.32 Å². The molecule has 0 saturated heterocycles. The first-order valence-electron chi connectivity index (χ1n) is 9.73. The maximum atomic E-state index is 12.4. The number of thioether (sulfide) groups is 1. The predicted molar refractivity (Wildman–Crippen MR) is 118 cm³/mol. The Morgan fingerprint density at radius 1 is 1.17 bits per heavy atom. The van der Waals surface area contributed by atoms with Gasteiger partial charge >= 0.3 is 0 Å². The fourth-order valence-corrected chi connectivity index (χ4v) is 5.93. The number of fused-ring (bicyclic) bond motifs is 5. The standard InChI is InChI=1S/C21H21N5OS2/c1-12-7-13(2)9-14(8-12)23-17(27)10-28-21-25-24-19-18-15-5-3-4-6-16(15)29-20(18)22-11-26(19)21/h7-9,11H,3-6,10H2,1-2H3,(H,23,27). The van der Waals surface area contributed by atoms with Gasteiger partial charge in [-0.1, -0.05) is 17.8 Å². The molecule has 29 heavy (non-hydrogen) atoms. The van der Waals surface area contributed by atoms with Crippen LogP contribution in [0.3, 0.4) is 0 Å². The zero-order chi connectivity index (χ0) is 20.0. The number of nitrogens with zero attached hydrogens (tertiary/aromatic N) is 4. The molecule has 148 valence electrons. The number of aryl methyl sites for hydroxylation is 4. The molecule has 3 aromatic heterocycles. The lowest BCUT2D eigenvalue weighted by atomic mass is 9.97. The van der Waals surface area contributed by atoms with Crippen molar-refractivity contribution in [2.75, 3.05) is 11.1 Å². The highest BCUT2D eigenvalue weighted by Crippen LogP contribution is 2.37. The van der Waals surface area contributed by atoms with Crippen LogP contribution in [0.15, 0.2) is 29.7 Å². The molecule has 1 amide bonds. The van der Waals surface area contributed by atoms with Crippen molar-refractivity contribution in [2.24, 2.45) is 0 Å². The van der Waals surface area contributed by atoms with Gasteiger partial charge in [-0.15, -0.1) is 21.5 Å². The summed E-state index contributed by atoms with van der Waals surface area (Å²) < 4.78 is 1.92. The normalized spacial score (nSPS) is 13.7. The number of hydrogen-bond donors (Lipinski definition) is 1. The molecular weight excluding hydrogens is 402 g/mol. The number of hydrogen-bond acceptors (Lipinski definition) is 6. The van der Waals surface area contributed by atoms with Crippen molar-refractivity contribution in [3.05, 3.63) is 46.1 Å². The summed E-state index contributed by atoms with van der Waals surface area (Å²) in [5.74, 6) is 0.215. The smallest absolute Gasteiger partial charge is 0.234 e. The topological polar surface area (TPSA) is 72.2 Å². The first kappa shape index (κ1) is 18.6. The number of aromatic nitrogens is 4. The van der Waals surface area contributed by atoms with E-state index in [-0.39, 0.29) is 11.7 Å². The molecule has 6 nitrogen and oxygen atoms in total. The summed E-state index contributed by atoms with van der Waals surface area (Å²) in [4.78, 5) is 19.6. The summed E-state index contributed by atoms with van der Waals surface area (Å²) in [7, 11) is 0. The summed E-state index contributed by atoms with van der Waals surface area (Å²) >= 11 is 3.16. The average molecular weight is 424 g/mol. The first-order valence-corrected chi connectivity index (χ1v) is 11.5. The number of amides is 1. The lowest BCUT2D eigenvalue weighted by Gasteiger charge is -2.10. The molecule has 0 saturated carbocycles. The quantitative estimate of drug-likeness (QED) is 0.487. The minimum Gasteiger partial charge on any atom is -0.325 e. The van der Waals surface area contributed by atoms with Gasteiger partial charge in [-0.05, 0) is 68.4 Å². The first-order chi connectivity index (χ1) is 14.1. The Morgan fingerprint density at radius 3 is 2.79 bits per heavy atom. The van der Waals surface area contributed by atoms with Crippen LogP contribution in [-0.4, -0.2) is 31.2 Å². The molecular formula is C21H21N5OS2. The molecule has 0 atom stereocenters. The number of nitrogens with one attached hydrogen (secondary N) is 1. The number of rotatable bonds is 4. The van der Waals surface area contributed by atoms with Gasteiger partial charge in [-0.25, -0.2) is 4.98 Å². The Kier molecular flexibility index (Phi) is 4.75. The summed E-state index contributed by atoms with van der Waals surface area (Å²) in [6.45, 7) is 4.05. The van der Waals surface area contributed by atoms with Crippen LogP contribution in [0.2, 0.25) is 0 Å². The molecule has 3 heterocycles. The second-order valence-corrected chi connectivity index (χ2v) is 9.55. The second kappa shape index (κ2) is 7.42. The summed E-state index contributed by atoms with van der Waals surface area (Å²) in [5, 5.41) is 13.6. The molecule has 4 aromatic rings. The molecule has 0 aliphatic heterocycles. The van der Waals surface area contributed by atoms with Crippen LogP contribution in [0, 0.1) is 13.8 Å². The van der Waals surface area contributed by atoms with E-state index < -0.39 is 0 Å². The van der Waals surface area contributed by atoms with Gasteiger partial charge in [0.05, 0.1) is 11.1 Å². The Hall–Kier alpha value is -2.45. The van der Waals surface area contributed by atoms with E-state index in [9.17, 15) is 4.79 Å². The zero-order valence-electron chi connectivity index (χ0n) is 16.4. The summed E-state index contributed by atoms with van der Waals surface area (Å²) in [6.07, 6.45) is 6.47. The average Bonchev–Trinajstić information content (AvgIpc) is 3.26. The maximum Gasteiger partial charge on any atom is 0.234 e. The van der Waals surface area contributed by atoms with E-state index in [1.807, 2.05) is 30.4 Å². The second-order valence-electron chi connectivity index (χ2n) is 7.53. The molecule has 0 bridgehead atoms. The van der Waals surface area contributed by atoms with E-state index in [0.29, 0.717) is 5.16 Å². The molecule has 1 aromatic carbocycles. The lowest BCUT2D eigenvalue weighted by Crippen LogP contribution is -2.14. The van der Waals surface area contributed by atoms with Crippen LogP contribution in [0.5, 0.6) is 0 Å². The minimum atomic E-state index is -0.0568. The van der Waals surface area contributed by atoms with Gasteiger partial charge in [-0.3, -0.25) is 9.20 Å². The molecule has 0 spiro atoms. The van der Waals surface area contributed by atoms with Crippen molar-refractivity contribution in [1.82, 2.24) is 19.6 Å². The van der Waals surface area contributed by atoms with E-state index >= 15 is 0 Å². The van der Waals surface area contributed by atoms with E-state index in [2.05, 4.69) is 26.6 Å². The third-order valence-corrected chi connectivity index (χ3v) is 7.31. The Labute approximate surface area is 176 Å². The fraction of sp³-hybridized carbons (Fsp3) is 0.333. The van der Waals surface area contributed by atoms with Crippen molar-refractivity contribution in [2.45, 2.75) is 44.7 Å². The van der Waals surface area contributed by atoms with E-state index in [1.54, 1.807) is 17.7 Å². The molecule has 0 fully saturated rings. The number of carbonyl (C=O) groups excluding carboxylic acids is 1. The molecule has 8 heteroatoms. The molecule has 1 N–H and O–H groups in total.